The summed E-state index contributed by atoms with van der Waals surface area (Å²) in [4.78, 5) is 2.43. The summed E-state index contributed by atoms with van der Waals surface area (Å²) in [6.45, 7) is 5.86. The van der Waals surface area contributed by atoms with Gasteiger partial charge in [-0.2, -0.15) is 0 Å². The van der Waals surface area contributed by atoms with Crippen LogP contribution in [0.2, 0.25) is 0 Å². The Balaban J connectivity index is 1.89. The Bertz CT molecular complexity index is 328. The Kier molecular flexibility index (Phi) is 4.54. The number of benzene rings is 1. The number of ether oxygens (including phenoxy) is 1. The summed E-state index contributed by atoms with van der Waals surface area (Å²) in [5, 5.41) is 0. The van der Waals surface area contributed by atoms with Gasteiger partial charge in [0.05, 0.1) is 12.7 Å². The Morgan fingerprint density at radius 2 is 2.18 bits per heavy atom. The molecule has 17 heavy (non-hydrogen) atoms. The third-order valence-electron chi connectivity index (χ3n) is 3.38. The molecule has 0 radical (unpaired) electrons. The predicted molar refractivity (Wildman–Crippen MR) is 69.7 cm³/mol. The fourth-order valence-electron chi connectivity index (χ4n) is 2.24. The Labute approximate surface area is 104 Å². The summed E-state index contributed by atoms with van der Waals surface area (Å²) in [7, 11) is 0. The Hall–Kier alpha value is -0.900. The summed E-state index contributed by atoms with van der Waals surface area (Å²) >= 11 is 0. The smallest absolute Gasteiger partial charge is 0.0853 e. The molecule has 3 nitrogen and oxygen atoms in total. The molecule has 0 saturated carbocycles. The molecule has 1 aromatic carbocycles. The lowest BCUT2D eigenvalue weighted by Gasteiger charge is -2.35. The predicted octanol–water partition coefficient (Wildman–Crippen LogP) is 1.62. The van der Waals surface area contributed by atoms with Gasteiger partial charge in [-0.1, -0.05) is 37.3 Å². The van der Waals surface area contributed by atoms with Crippen LogP contribution in [0.15, 0.2) is 30.3 Å². The molecule has 1 aromatic rings. The average molecular weight is 234 g/mol. The highest BCUT2D eigenvalue weighted by Gasteiger charge is 2.24. The fraction of sp³-hybridized carbons (Fsp3) is 0.571. The zero-order valence-corrected chi connectivity index (χ0v) is 10.5. The van der Waals surface area contributed by atoms with E-state index in [1.807, 2.05) is 0 Å². The van der Waals surface area contributed by atoms with Crippen molar-refractivity contribution in [1.82, 2.24) is 4.90 Å². The van der Waals surface area contributed by atoms with Crippen LogP contribution in [-0.2, 0) is 11.3 Å². The van der Waals surface area contributed by atoms with Crippen molar-refractivity contribution in [1.29, 1.82) is 0 Å². The minimum atomic E-state index is 0.161. The topological polar surface area (TPSA) is 38.5 Å². The zero-order chi connectivity index (χ0) is 12.1. The highest BCUT2D eigenvalue weighted by Crippen LogP contribution is 2.13. The molecule has 3 heteroatoms. The summed E-state index contributed by atoms with van der Waals surface area (Å²) in [6, 6.07) is 10.7. The standard InChI is InChI=1S/C14H22N2O/c1-2-13(15)14-11-16(8-9-17-14)10-12-6-4-3-5-7-12/h3-7,13-14H,2,8-11,15H2,1H3. The van der Waals surface area contributed by atoms with Crippen molar-refractivity contribution in [3.63, 3.8) is 0 Å². The van der Waals surface area contributed by atoms with E-state index in [9.17, 15) is 0 Å². The molecule has 2 N–H and O–H groups in total. The number of rotatable bonds is 4. The molecule has 0 aliphatic carbocycles. The molecular weight excluding hydrogens is 212 g/mol. The number of nitrogens with zero attached hydrogens (tertiary/aromatic N) is 1. The number of nitrogens with two attached hydrogens (primary N) is 1. The molecule has 2 unspecified atom stereocenters. The van der Waals surface area contributed by atoms with E-state index in [0.29, 0.717) is 0 Å². The highest BCUT2D eigenvalue weighted by atomic mass is 16.5. The van der Waals surface area contributed by atoms with E-state index in [1.165, 1.54) is 5.56 Å². The summed E-state index contributed by atoms with van der Waals surface area (Å²) in [5.74, 6) is 0. The third kappa shape index (κ3) is 3.53. The number of hydrogen-bond donors (Lipinski definition) is 1. The van der Waals surface area contributed by atoms with Crippen LogP contribution in [0.3, 0.4) is 0 Å². The first-order valence-electron chi connectivity index (χ1n) is 6.43. The molecule has 2 atom stereocenters. The molecule has 1 fully saturated rings. The van der Waals surface area contributed by atoms with Crippen LogP contribution in [0, 0.1) is 0 Å². The monoisotopic (exact) mass is 234 g/mol. The lowest BCUT2D eigenvalue weighted by molar-refractivity contribution is -0.0434. The quantitative estimate of drug-likeness (QED) is 0.860. The molecule has 94 valence electrons. The van der Waals surface area contributed by atoms with Crippen LogP contribution >= 0.6 is 0 Å². The van der Waals surface area contributed by atoms with Crippen LogP contribution in [0.25, 0.3) is 0 Å². The van der Waals surface area contributed by atoms with Gasteiger partial charge in [0.2, 0.25) is 0 Å². The van der Waals surface area contributed by atoms with Crippen molar-refractivity contribution < 1.29 is 4.74 Å². The van der Waals surface area contributed by atoms with Crippen LogP contribution < -0.4 is 5.73 Å². The van der Waals surface area contributed by atoms with Gasteiger partial charge in [-0.3, -0.25) is 4.90 Å². The van der Waals surface area contributed by atoms with Crippen LogP contribution in [0.5, 0.6) is 0 Å². The van der Waals surface area contributed by atoms with Gasteiger partial charge in [-0.25, -0.2) is 0 Å². The molecule has 1 aliphatic heterocycles. The lowest BCUT2D eigenvalue weighted by atomic mass is 10.1. The first-order chi connectivity index (χ1) is 8.29. The molecule has 2 rings (SSSR count). The normalized spacial score (nSPS) is 23.5. The molecule has 1 aliphatic rings. The van der Waals surface area contributed by atoms with Gasteiger partial charge >= 0.3 is 0 Å². The van der Waals surface area contributed by atoms with Gasteiger partial charge in [0.15, 0.2) is 0 Å². The molecular formula is C14H22N2O. The molecule has 1 saturated heterocycles. The first kappa shape index (κ1) is 12.6. The second-order valence-corrected chi connectivity index (χ2v) is 4.70. The Morgan fingerprint density at radius 3 is 2.88 bits per heavy atom. The van der Waals surface area contributed by atoms with E-state index >= 15 is 0 Å². The minimum absolute atomic E-state index is 0.161. The van der Waals surface area contributed by atoms with E-state index in [1.54, 1.807) is 0 Å². The largest absolute Gasteiger partial charge is 0.374 e. The van der Waals surface area contributed by atoms with Gasteiger partial charge in [0.25, 0.3) is 0 Å². The molecule has 0 spiro atoms. The van der Waals surface area contributed by atoms with Crippen molar-refractivity contribution in [2.75, 3.05) is 19.7 Å². The van der Waals surface area contributed by atoms with Crippen molar-refractivity contribution >= 4 is 0 Å². The third-order valence-corrected chi connectivity index (χ3v) is 3.38. The minimum Gasteiger partial charge on any atom is -0.374 e. The maximum Gasteiger partial charge on any atom is 0.0853 e. The maximum atomic E-state index is 6.05. The second kappa shape index (κ2) is 6.15. The van der Waals surface area contributed by atoms with Crippen molar-refractivity contribution in [3.05, 3.63) is 35.9 Å². The summed E-state index contributed by atoms with van der Waals surface area (Å²) in [6.07, 6.45) is 1.17. The van der Waals surface area contributed by atoms with Crippen LogP contribution in [0.4, 0.5) is 0 Å². The summed E-state index contributed by atoms with van der Waals surface area (Å²) < 4.78 is 5.73. The van der Waals surface area contributed by atoms with Gasteiger partial charge in [-0.15, -0.1) is 0 Å². The van der Waals surface area contributed by atoms with Gasteiger partial charge in [-0.05, 0) is 12.0 Å². The van der Waals surface area contributed by atoms with Crippen LogP contribution in [-0.4, -0.2) is 36.7 Å². The van der Waals surface area contributed by atoms with E-state index < -0.39 is 0 Å². The van der Waals surface area contributed by atoms with Gasteiger partial charge in [0, 0.05) is 25.7 Å². The molecule has 0 amide bonds. The molecule has 0 bridgehead atoms. The first-order valence-corrected chi connectivity index (χ1v) is 6.43. The van der Waals surface area contributed by atoms with Crippen LogP contribution in [0.1, 0.15) is 18.9 Å². The van der Waals surface area contributed by atoms with E-state index in [0.717, 1.165) is 32.7 Å². The molecule has 1 heterocycles. The maximum absolute atomic E-state index is 6.05. The Morgan fingerprint density at radius 1 is 1.41 bits per heavy atom. The van der Waals surface area contributed by atoms with E-state index in [-0.39, 0.29) is 12.1 Å². The SMILES string of the molecule is CCC(N)C1CN(Cc2ccccc2)CCO1. The van der Waals surface area contributed by atoms with Gasteiger partial charge < -0.3 is 10.5 Å². The van der Waals surface area contributed by atoms with Crippen molar-refractivity contribution in [2.24, 2.45) is 5.73 Å². The number of morpholine rings is 1. The fourth-order valence-corrected chi connectivity index (χ4v) is 2.24. The van der Waals surface area contributed by atoms with Crippen molar-refractivity contribution in [2.45, 2.75) is 32.0 Å². The average Bonchev–Trinajstić information content (AvgIpc) is 2.39. The van der Waals surface area contributed by atoms with E-state index in [4.69, 9.17) is 10.5 Å². The zero-order valence-electron chi connectivity index (χ0n) is 10.5. The van der Waals surface area contributed by atoms with E-state index in [2.05, 4.69) is 42.2 Å². The van der Waals surface area contributed by atoms with Crippen molar-refractivity contribution in [3.8, 4) is 0 Å². The number of hydrogen-bond acceptors (Lipinski definition) is 3. The lowest BCUT2D eigenvalue weighted by Crippen LogP contribution is -2.50. The molecule has 0 aromatic heterocycles. The highest BCUT2D eigenvalue weighted by molar-refractivity contribution is 5.14. The van der Waals surface area contributed by atoms with Gasteiger partial charge in [0.1, 0.15) is 0 Å². The summed E-state index contributed by atoms with van der Waals surface area (Å²) in [5.41, 5.74) is 7.41. The second-order valence-electron chi connectivity index (χ2n) is 4.70.